The Labute approximate surface area is 108 Å². The molecule has 0 saturated carbocycles. The molecule has 5 nitrogen and oxygen atoms in total. The minimum absolute atomic E-state index is 0.422. The summed E-state index contributed by atoms with van der Waals surface area (Å²) in [4.78, 5) is 10.8. The van der Waals surface area contributed by atoms with E-state index in [1.54, 1.807) is 6.07 Å². The molecule has 1 saturated heterocycles. The lowest BCUT2D eigenvalue weighted by Gasteiger charge is -2.29. The van der Waals surface area contributed by atoms with Crippen molar-refractivity contribution >= 4 is 5.95 Å². The van der Waals surface area contributed by atoms with Gasteiger partial charge in [-0.1, -0.05) is 0 Å². The van der Waals surface area contributed by atoms with Gasteiger partial charge in [-0.3, -0.25) is 0 Å². The van der Waals surface area contributed by atoms with Crippen molar-refractivity contribution in [1.29, 1.82) is 5.26 Å². The van der Waals surface area contributed by atoms with Crippen LogP contribution < -0.4 is 5.32 Å². The van der Waals surface area contributed by atoms with Crippen molar-refractivity contribution in [2.24, 2.45) is 5.92 Å². The Morgan fingerprint density at radius 1 is 1.56 bits per heavy atom. The van der Waals surface area contributed by atoms with Crippen LogP contribution in [0.3, 0.4) is 0 Å². The van der Waals surface area contributed by atoms with Gasteiger partial charge in [-0.2, -0.15) is 5.26 Å². The third kappa shape index (κ3) is 3.41. The van der Waals surface area contributed by atoms with Crippen molar-refractivity contribution in [1.82, 2.24) is 14.9 Å². The molecule has 0 amide bonds. The molecule has 1 N–H and O–H groups in total. The van der Waals surface area contributed by atoms with Gasteiger partial charge in [0.15, 0.2) is 0 Å². The van der Waals surface area contributed by atoms with Crippen molar-refractivity contribution in [3.05, 3.63) is 17.5 Å². The van der Waals surface area contributed by atoms with E-state index >= 15 is 0 Å². The highest BCUT2D eigenvalue weighted by Gasteiger charge is 2.17. The number of aryl methyl sites for hydroxylation is 1. The number of likely N-dealkylation sites (tertiary alicyclic amines) is 1. The Kier molecular flexibility index (Phi) is 4.11. The molecule has 5 heteroatoms. The molecule has 0 bridgehead atoms. The number of nitrogens with zero attached hydrogens (tertiary/aromatic N) is 4. The van der Waals surface area contributed by atoms with E-state index in [1.165, 1.54) is 19.4 Å². The normalized spacial score (nSPS) is 20.4. The Morgan fingerprint density at radius 3 is 3.11 bits per heavy atom. The summed E-state index contributed by atoms with van der Waals surface area (Å²) in [5.41, 5.74) is 1.25. The Bertz CT molecular complexity index is 451. The van der Waals surface area contributed by atoms with Gasteiger partial charge in [0.2, 0.25) is 5.95 Å². The van der Waals surface area contributed by atoms with E-state index in [0.717, 1.165) is 18.8 Å². The van der Waals surface area contributed by atoms with Gasteiger partial charge in [-0.25, -0.2) is 9.97 Å². The first kappa shape index (κ1) is 12.8. The summed E-state index contributed by atoms with van der Waals surface area (Å²) in [6.07, 6.45) is 2.50. The minimum atomic E-state index is 0.422. The van der Waals surface area contributed by atoms with E-state index in [2.05, 4.69) is 33.3 Å². The van der Waals surface area contributed by atoms with Crippen molar-refractivity contribution < 1.29 is 0 Å². The van der Waals surface area contributed by atoms with Gasteiger partial charge < -0.3 is 10.2 Å². The molecule has 1 fully saturated rings. The van der Waals surface area contributed by atoms with E-state index in [9.17, 15) is 0 Å². The minimum Gasteiger partial charge on any atom is -0.354 e. The van der Waals surface area contributed by atoms with Crippen molar-refractivity contribution in [3.8, 4) is 6.07 Å². The summed E-state index contributed by atoms with van der Waals surface area (Å²) in [6, 6.07) is 3.75. The lowest BCUT2D eigenvalue weighted by molar-refractivity contribution is 0.217. The van der Waals surface area contributed by atoms with E-state index in [0.29, 0.717) is 17.6 Å². The van der Waals surface area contributed by atoms with Gasteiger partial charge in [0.05, 0.1) is 0 Å². The van der Waals surface area contributed by atoms with Crippen LogP contribution in [0.1, 0.15) is 24.2 Å². The molecule has 18 heavy (non-hydrogen) atoms. The third-order valence-electron chi connectivity index (χ3n) is 3.24. The summed E-state index contributed by atoms with van der Waals surface area (Å²) < 4.78 is 0. The molecule has 0 radical (unpaired) electrons. The quantitative estimate of drug-likeness (QED) is 0.872. The molecule has 1 aromatic heterocycles. The monoisotopic (exact) mass is 245 g/mol. The zero-order chi connectivity index (χ0) is 13.0. The van der Waals surface area contributed by atoms with Crippen molar-refractivity contribution in [2.45, 2.75) is 19.8 Å². The maximum atomic E-state index is 8.86. The van der Waals surface area contributed by atoms with Gasteiger partial charge >= 0.3 is 0 Å². The fourth-order valence-corrected chi connectivity index (χ4v) is 2.38. The molecular weight excluding hydrogens is 226 g/mol. The molecular formula is C13H19N5. The van der Waals surface area contributed by atoms with E-state index in [1.807, 2.05) is 6.92 Å². The highest BCUT2D eigenvalue weighted by Crippen LogP contribution is 2.15. The van der Waals surface area contributed by atoms with Gasteiger partial charge in [0.1, 0.15) is 11.8 Å². The zero-order valence-electron chi connectivity index (χ0n) is 11.0. The number of nitrogens with one attached hydrogen (secondary N) is 1. The Morgan fingerprint density at radius 2 is 2.39 bits per heavy atom. The van der Waals surface area contributed by atoms with Crippen LogP contribution in [0.2, 0.25) is 0 Å². The van der Waals surface area contributed by atoms with Gasteiger partial charge in [-0.15, -0.1) is 0 Å². The number of piperidine rings is 1. The summed E-state index contributed by atoms with van der Waals surface area (Å²) in [5, 5.41) is 12.1. The molecule has 1 atom stereocenters. The molecule has 0 aliphatic carbocycles. The average Bonchev–Trinajstić information content (AvgIpc) is 2.36. The molecule has 1 unspecified atom stereocenters. The lowest BCUT2D eigenvalue weighted by atomic mass is 9.99. The highest BCUT2D eigenvalue weighted by atomic mass is 15.1. The Balaban J connectivity index is 1.93. The van der Waals surface area contributed by atoms with Gasteiger partial charge in [0, 0.05) is 18.8 Å². The predicted molar refractivity (Wildman–Crippen MR) is 70.2 cm³/mol. The van der Waals surface area contributed by atoms with E-state index in [4.69, 9.17) is 5.26 Å². The first-order valence-corrected chi connectivity index (χ1v) is 6.35. The predicted octanol–water partition coefficient (Wildman–Crippen LogP) is 1.41. The molecule has 0 spiro atoms. The Hall–Kier alpha value is -1.67. The van der Waals surface area contributed by atoms with E-state index < -0.39 is 0 Å². The fourth-order valence-electron chi connectivity index (χ4n) is 2.38. The summed E-state index contributed by atoms with van der Waals surface area (Å²) in [6.45, 7) is 5.06. The number of nitriles is 1. The fraction of sp³-hybridized carbons (Fsp3) is 0.615. The topological polar surface area (TPSA) is 64.8 Å². The van der Waals surface area contributed by atoms with Crippen LogP contribution in [0.4, 0.5) is 5.95 Å². The smallest absolute Gasteiger partial charge is 0.224 e. The number of anilines is 1. The summed E-state index contributed by atoms with van der Waals surface area (Å²) in [7, 11) is 2.16. The summed E-state index contributed by atoms with van der Waals surface area (Å²) >= 11 is 0. The maximum absolute atomic E-state index is 8.86. The van der Waals surface area contributed by atoms with Gasteiger partial charge in [0.25, 0.3) is 0 Å². The number of hydrogen-bond donors (Lipinski definition) is 1. The van der Waals surface area contributed by atoms with Crippen LogP contribution in [-0.2, 0) is 0 Å². The molecule has 2 rings (SSSR count). The van der Waals surface area contributed by atoms with Crippen LogP contribution in [0, 0.1) is 24.2 Å². The first-order valence-electron chi connectivity index (χ1n) is 6.35. The van der Waals surface area contributed by atoms with Crippen molar-refractivity contribution in [3.63, 3.8) is 0 Å². The lowest BCUT2D eigenvalue weighted by Crippen LogP contribution is -2.35. The van der Waals surface area contributed by atoms with Crippen LogP contribution in [0.25, 0.3) is 0 Å². The van der Waals surface area contributed by atoms with Crippen LogP contribution in [0.5, 0.6) is 0 Å². The summed E-state index contributed by atoms with van der Waals surface area (Å²) in [5.74, 6) is 1.21. The number of aromatic nitrogens is 2. The average molecular weight is 245 g/mol. The molecule has 2 heterocycles. The number of hydrogen-bond acceptors (Lipinski definition) is 5. The second kappa shape index (κ2) is 5.78. The molecule has 96 valence electrons. The maximum Gasteiger partial charge on any atom is 0.224 e. The van der Waals surface area contributed by atoms with Crippen LogP contribution in [0.15, 0.2) is 6.07 Å². The first-order chi connectivity index (χ1) is 8.67. The standard InChI is InChI=1S/C13H19N5/c1-10-6-12(7-14)17-13(16-10)15-8-11-4-3-5-18(2)9-11/h6,11H,3-5,8-9H2,1-2H3,(H,15,16,17). The highest BCUT2D eigenvalue weighted by molar-refractivity contribution is 5.32. The molecule has 0 aromatic carbocycles. The molecule has 1 aromatic rings. The largest absolute Gasteiger partial charge is 0.354 e. The molecule has 1 aliphatic heterocycles. The third-order valence-corrected chi connectivity index (χ3v) is 3.24. The second-order valence-electron chi connectivity index (χ2n) is 4.98. The van der Waals surface area contributed by atoms with Crippen LogP contribution in [-0.4, -0.2) is 41.5 Å². The van der Waals surface area contributed by atoms with Crippen LogP contribution >= 0.6 is 0 Å². The second-order valence-corrected chi connectivity index (χ2v) is 4.98. The van der Waals surface area contributed by atoms with E-state index in [-0.39, 0.29) is 0 Å². The molecule has 1 aliphatic rings. The van der Waals surface area contributed by atoms with Gasteiger partial charge in [-0.05, 0) is 45.3 Å². The number of rotatable bonds is 3. The SMILES string of the molecule is Cc1cc(C#N)nc(NCC2CCCN(C)C2)n1. The zero-order valence-corrected chi connectivity index (χ0v) is 11.0. The van der Waals surface area contributed by atoms with Crippen molar-refractivity contribution in [2.75, 3.05) is 32.0 Å².